The van der Waals surface area contributed by atoms with E-state index in [-0.39, 0.29) is 0 Å². The van der Waals surface area contributed by atoms with Crippen LogP contribution in [0.25, 0.3) is 16.9 Å². The highest BCUT2D eigenvalue weighted by atomic mass is 16.5. The number of carbonyl (C=O) groups excluding carboxylic acids is 1. The number of imidazole rings is 1. The van der Waals surface area contributed by atoms with E-state index in [1.807, 2.05) is 0 Å². The fourth-order valence-electron chi connectivity index (χ4n) is 1.92. The van der Waals surface area contributed by atoms with Crippen LogP contribution in [0, 0.1) is 0 Å². The first-order valence-corrected chi connectivity index (χ1v) is 5.62. The van der Waals surface area contributed by atoms with Crippen molar-refractivity contribution in [2.24, 2.45) is 0 Å². The Morgan fingerprint density at radius 2 is 2.11 bits per heavy atom. The summed E-state index contributed by atoms with van der Waals surface area (Å²) in [6.07, 6.45) is 8.21. The highest BCUT2D eigenvalue weighted by Gasteiger charge is 2.14. The van der Waals surface area contributed by atoms with E-state index in [0.29, 0.717) is 17.0 Å². The van der Waals surface area contributed by atoms with E-state index in [1.54, 1.807) is 47.5 Å². The highest BCUT2D eigenvalue weighted by Crippen LogP contribution is 2.22. The van der Waals surface area contributed by atoms with Gasteiger partial charge in [-0.3, -0.25) is 14.4 Å². The predicted molar refractivity (Wildman–Crippen MR) is 67.6 cm³/mol. The van der Waals surface area contributed by atoms with E-state index >= 15 is 0 Å². The number of carbonyl (C=O) groups is 1. The Morgan fingerprint density at radius 1 is 1.21 bits per heavy atom. The maximum Gasteiger partial charge on any atom is 0.355 e. The van der Waals surface area contributed by atoms with Crippen molar-refractivity contribution >= 4 is 11.6 Å². The van der Waals surface area contributed by atoms with Gasteiger partial charge in [0.2, 0.25) is 0 Å². The summed E-state index contributed by atoms with van der Waals surface area (Å²) in [6, 6.07) is 3.48. The number of aromatic nitrogens is 4. The molecule has 0 aliphatic rings. The fourth-order valence-corrected chi connectivity index (χ4v) is 1.92. The van der Waals surface area contributed by atoms with Gasteiger partial charge in [-0.05, 0) is 12.1 Å². The van der Waals surface area contributed by atoms with E-state index in [9.17, 15) is 4.79 Å². The van der Waals surface area contributed by atoms with Gasteiger partial charge in [0, 0.05) is 30.4 Å². The molecule has 3 aromatic rings. The van der Waals surface area contributed by atoms with Crippen LogP contribution in [0.5, 0.6) is 0 Å². The standard InChI is InChI=1S/C13H10N4O2/c1-19-13(18)11-3-2-9(10-8-14-4-5-15-10)12-16-6-7-17(11)12/h2-8H,1H3. The molecule has 3 aromatic heterocycles. The van der Waals surface area contributed by atoms with Crippen LogP contribution < -0.4 is 0 Å². The van der Waals surface area contributed by atoms with Crippen molar-refractivity contribution in [2.75, 3.05) is 7.11 Å². The van der Waals surface area contributed by atoms with Crippen molar-refractivity contribution in [3.05, 3.63) is 48.8 Å². The van der Waals surface area contributed by atoms with Crippen LogP contribution >= 0.6 is 0 Å². The molecule has 0 aliphatic carbocycles. The molecule has 19 heavy (non-hydrogen) atoms. The average molecular weight is 254 g/mol. The summed E-state index contributed by atoms with van der Waals surface area (Å²) in [6.45, 7) is 0. The zero-order valence-electron chi connectivity index (χ0n) is 10.1. The second kappa shape index (κ2) is 4.49. The number of pyridine rings is 1. The molecular weight excluding hydrogens is 244 g/mol. The van der Waals surface area contributed by atoms with Crippen molar-refractivity contribution in [2.45, 2.75) is 0 Å². The molecule has 0 N–H and O–H groups in total. The third-order valence-corrected chi connectivity index (χ3v) is 2.78. The Morgan fingerprint density at radius 3 is 2.84 bits per heavy atom. The second-order valence-electron chi connectivity index (χ2n) is 3.84. The Bertz CT molecular complexity index is 737. The monoisotopic (exact) mass is 254 g/mol. The molecule has 0 bridgehead atoms. The average Bonchev–Trinajstić information content (AvgIpc) is 2.95. The number of ether oxygens (including phenoxy) is 1. The van der Waals surface area contributed by atoms with E-state index in [0.717, 1.165) is 5.56 Å². The summed E-state index contributed by atoms with van der Waals surface area (Å²) in [5.74, 6) is -0.409. The predicted octanol–water partition coefficient (Wildman–Crippen LogP) is 1.58. The molecule has 0 aromatic carbocycles. The normalized spacial score (nSPS) is 10.6. The lowest BCUT2D eigenvalue weighted by Gasteiger charge is -2.07. The van der Waals surface area contributed by atoms with Crippen LogP contribution in [0.3, 0.4) is 0 Å². The topological polar surface area (TPSA) is 69.4 Å². The van der Waals surface area contributed by atoms with E-state index < -0.39 is 5.97 Å². The highest BCUT2D eigenvalue weighted by molar-refractivity contribution is 5.90. The number of nitrogens with zero attached hydrogens (tertiary/aromatic N) is 4. The number of fused-ring (bicyclic) bond motifs is 1. The number of rotatable bonds is 2. The molecule has 0 aliphatic heterocycles. The molecule has 6 nitrogen and oxygen atoms in total. The third-order valence-electron chi connectivity index (χ3n) is 2.78. The largest absolute Gasteiger partial charge is 0.464 e. The lowest BCUT2D eigenvalue weighted by atomic mass is 10.2. The first kappa shape index (κ1) is 11.3. The first-order valence-electron chi connectivity index (χ1n) is 5.62. The summed E-state index contributed by atoms with van der Waals surface area (Å²) < 4.78 is 6.42. The molecule has 0 saturated heterocycles. The minimum atomic E-state index is -0.409. The molecule has 3 rings (SSSR count). The fraction of sp³-hybridized carbons (Fsp3) is 0.0769. The molecule has 0 saturated carbocycles. The van der Waals surface area contributed by atoms with Gasteiger partial charge in [-0.15, -0.1) is 0 Å². The van der Waals surface area contributed by atoms with Crippen LogP contribution in [0.4, 0.5) is 0 Å². The van der Waals surface area contributed by atoms with Crippen molar-refractivity contribution in [3.8, 4) is 11.3 Å². The van der Waals surface area contributed by atoms with Gasteiger partial charge < -0.3 is 4.74 Å². The Hall–Kier alpha value is -2.76. The lowest BCUT2D eigenvalue weighted by molar-refractivity contribution is 0.0592. The van der Waals surface area contributed by atoms with E-state index in [2.05, 4.69) is 15.0 Å². The van der Waals surface area contributed by atoms with Crippen molar-refractivity contribution in [1.29, 1.82) is 0 Å². The summed E-state index contributed by atoms with van der Waals surface area (Å²) in [7, 11) is 1.35. The zero-order valence-corrected chi connectivity index (χ0v) is 10.1. The molecular formula is C13H10N4O2. The van der Waals surface area contributed by atoms with Gasteiger partial charge in [0.1, 0.15) is 11.3 Å². The molecule has 6 heteroatoms. The summed E-state index contributed by atoms with van der Waals surface area (Å²) in [4.78, 5) is 24.2. The van der Waals surface area contributed by atoms with E-state index in [1.165, 1.54) is 7.11 Å². The summed E-state index contributed by atoms with van der Waals surface area (Å²) >= 11 is 0. The molecule has 0 amide bonds. The maximum atomic E-state index is 11.7. The molecule has 0 unspecified atom stereocenters. The van der Waals surface area contributed by atoms with Gasteiger partial charge in [0.25, 0.3) is 0 Å². The van der Waals surface area contributed by atoms with Gasteiger partial charge in [-0.25, -0.2) is 9.78 Å². The molecule has 0 radical (unpaired) electrons. The Balaban J connectivity index is 2.25. The van der Waals surface area contributed by atoms with E-state index in [4.69, 9.17) is 4.74 Å². The van der Waals surface area contributed by atoms with Crippen LogP contribution in [0.1, 0.15) is 10.5 Å². The van der Waals surface area contributed by atoms with Crippen LogP contribution in [0.2, 0.25) is 0 Å². The van der Waals surface area contributed by atoms with Gasteiger partial charge in [0.05, 0.1) is 19.0 Å². The van der Waals surface area contributed by atoms with Crippen LogP contribution in [-0.4, -0.2) is 32.4 Å². The van der Waals surface area contributed by atoms with Gasteiger partial charge in [0.15, 0.2) is 0 Å². The smallest absolute Gasteiger partial charge is 0.355 e. The van der Waals surface area contributed by atoms with Gasteiger partial charge >= 0.3 is 5.97 Å². The van der Waals surface area contributed by atoms with Crippen molar-refractivity contribution < 1.29 is 9.53 Å². The molecule has 0 fully saturated rings. The van der Waals surface area contributed by atoms with Crippen LogP contribution in [0.15, 0.2) is 43.1 Å². The Kier molecular flexibility index (Phi) is 2.68. The van der Waals surface area contributed by atoms with Crippen LogP contribution in [-0.2, 0) is 4.74 Å². The number of esters is 1. The lowest BCUT2D eigenvalue weighted by Crippen LogP contribution is -2.08. The third kappa shape index (κ3) is 1.83. The van der Waals surface area contributed by atoms with Crippen molar-refractivity contribution in [3.63, 3.8) is 0 Å². The molecule has 3 heterocycles. The zero-order chi connectivity index (χ0) is 13.2. The van der Waals surface area contributed by atoms with Crippen molar-refractivity contribution in [1.82, 2.24) is 19.4 Å². The molecule has 0 spiro atoms. The minimum absolute atomic E-state index is 0.409. The number of methoxy groups -OCH3 is 1. The van der Waals surface area contributed by atoms with Gasteiger partial charge in [-0.1, -0.05) is 0 Å². The molecule has 0 atom stereocenters. The summed E-state index contributed by atoms with van der Waals surface area (Å²) in [5.41, 5.74) is 2.58. The minimum Gasteiger partial charge on any atom is -0.464 e. The number of hydrogen-bond donors (Lipinski definition) is 0. The first-order chi connectivity index (χ1) is 9.31. The SMILES string of the molecule is COC(=O)c1ccc(-c2cnccn2)c2nccn12. The quantitative estimate of drug-likeness (QED) is 0.649. The second-order valence-corrected chi connectivity index (χ2v) is 3.84. The van der Waals surface area contributed by atoms with Gasteiger partial charge in [-0.2, -0.15) is 0 Å². The molecule has 94 valence electrons. The Labute approximate surface area is 108 Å². The maximum absolute atomic E-state index is 11.7. The summed E-state index contributed by atoms with van der Waals surface area (Å²) in [5, 5.41) is 0. The number of hydrogen-bond acceptors (Lipinski definition) is 5.